The fraction of sp³-hybridized carbons (Fsp3) is 0.111. The maximum Gasteiger partial charge on any atom is 0.441 e. The van der Waals surface area contributed by atoms with Gasteiger partial charge in [0.2, 0.25) is 0 Å². The van der Waals surface area contributed by atoms with Crippen LogP contribution < -0.4 is 4.74 Å². The van der Waals surface area contributed by atoms with Crippen LogP contribution in [0.3, 0.4) is 0 Å². The van der Waals surface area contributed by atoms with Gasteiger partial charge in [0.1, 0.15) is 11.6 Å². The van der Waals surface area contributed by atoms with Gasteiger partial charge >= 0.3 is 6.09 Å². The Morgan fingerprint density at radius 1 is 1.44 bits per heavy atom. The Kier molecular flexibility index (Phi) is 5.38. The summed E-state index contributed by atoms with van der Waals surface area (Å²) in [6.45, 7) is 0. The Morgan fingerprint density at radius 2 is 2.00 bits per heavy atom. The predicted molar refractivity (Wildman–Crippen MR) is 75.7 cm³/mol. The minimum absolute atomic E-state index is 0.260. The molecule has 0 unspecified atom stereocenters. The lowest BCUT2D eigenvalue weighted by atomic mass is 10.3. The summed E-state index contributed by atoms with van der Waals surface area (Å²) in [6, 6.07) is 5.15. The SMILES string of the molecule is CN(I)/C(I)=N\C(=O)Oc1ccc(F)cc1. The molecule has 0 N–H and O–H groups in total. The Labute approximate surface area is 120 Å². The molecule has 0 fully saturated rings. The fourth-order valence-electron chi connectivity index (χ4n) is 0.771. The highest BCUT2D eigenvalue weighted by Crippen LogP contribution is 2.12. The van der Waals surface area contributed by atoms with Crippen molar-refractivity contribution in [1.82, 2.24) is 3.11 Å². The zero-order valence-electron chi connectivity index (χ0n) is 8.15. The van der Waals surface area contributed by atoms with Crippen LogP contribution in [0, 0.1) is 5.82 Å². The van der Waals surface area contributed by atoms with Crippen molar-refractivity contribution in [3.63, 3.8) is 0 Å². The van der Waals surface area contributed by atoms with Gasteiger partial charge in [-0.1, -0.05) is 0 Å². The second-order valence-corrected chi connectivity index (χ2v) is 5.09. The van der Waals surface area contributed by atoms with Gasteiger partial charge in [-0.05, 0) is 24.3 Å². The molecule has 0 bridgehead atoms. The van der Waals surface area contributed by atoms with E-state index >= 15 is 0 Å². The lowest BCUT2D eigenvalue weighted by Gasteiger charge is -2.05. The lowest BCUT2D eigenvalue weighted by Crippen LogP contribution is -2.12. The molecular formula is C9H7FI2N2O2. The standard InChI is InChI=1S/C9H7FI2N2O2/c1-14(12)8(11)13-9(15)16-7-4-2-6(10)3-5-7/h2-5H,1H3/b13-8-. The maximum absolute atomic E-state index is 12.6. The normalized spacial score (nSPS) is 11.1. The van der Waals surface area contributed by atoms with E-state index < -0.39 is 6.09 Å². The Hall–Kier alpha value is -0.450. The van der Waals surface area contributed by atoms with Gasteiger partial charge in [0.05, 0.1) is 22.9 Å². The number of halogens is 3. The molecule has 7 heteroatoms. The van der Waals surface area contributed by atoms with Crippen LogP contribution in [0.1, 0.15) is 0 Å². The highest BCUT2D eigenvalue weighted by molar-refractivity contribution is 14.1. The average Bonchev–Trinajstić information content (AvgIpc) is 2.21. The fourth-order valence-corrected chi connectivity index (χ4v) is 1.08. The van der Waals surface area contributed by atoms with Crippen LogP contribution in [-0.2, 0) is 0 Å². The van der Waals surface area contributed by atoms with E-state index in [0.717, 1.165) is 0 Å². The second kappa shape index (κ2) is 6.33. The molecule has 0 aliphatic rings. The summed E-state index contributed by atoms with van der Waals surface area (Å²) in [4.78, 5) is 14.9. The number of nitrogens with zero attached hydrogens (tertiary/aromatic N) is 2. The van der Waals surface area contributed by atoms with Gasteiger partial charge in [0, 0.05) is 29.6 Å². The van der Waals surface area contributed by atoms with Crippen LogP contribution in [0.5, 0.6) is 5.75 Å². The number of carbonyl (C=O) groups is 1. The van der Waals surface area contributed by atoms with Crippen LogP contribution in [0.4, 0.5) is 9.18 Å². The van der Waals surface area contributed by atoms with Crippen molar-refractivity contribution in [2.45, 2.75) is 0 Å². The highest BCUT2D eigenvalue weighted by Gasteiger charge is 2.06. The molecule has 1 rings (SSSR count). The van der Waals surface area contributed by atoms with Crippen molar-refractivity contribution < 1.29 is 13.9 Å². The van der Waals surface area contributed by atoms with Crippen LogP contribution >= 0.6 is 45.5 Å². The predicted octanol–water partition coefficient (Wildman–Crippen LogP) is 3.40. The first-order valence-electron chi connectivity index (χ1n) is 4.10. The first-order chi connectivity index (χ1) is 7.49. The van der Waals surface area contributed by atoms with Crippen LogP contribution in [0.2, 0.25) is 0 Å². The lowest BCUT2D eigenvalue weighted by molar-refractivity contribution is 0.211. The first kappa shape index (κ1) is 13.6. The quantitative estimate of drug-likeness (QED) is 0.218. The van der Waals surface area contributed by atoms with Gasteiger partial charge in [0.15, 0.2) is 3.84 Å². The highest BCUT2D eigenvalue weighted by atomic mass is 127. The number of benzene rings is 1. The number of carbonyl (C=O) groups excluding carboxylic acids is 1. The van der Waals surface area contributed by atoms with Crippen molar-refractivity contribution in [3.8, 4) is 5.75 Å². The molecule has 1 aromatic carbocycles. The molecule has 0 spiro atoms. The van der Waals surface area contributed by atoms with Gasteiger partial charge in [-0.25, -0.2) is 9.18 Å². The average molecular weight is 448 g/mol. The molecule has 4 nitrogen and oxygen atoms in total. The molecule has 16 heavy (non-hydrogen) atoms. The number of hydrogen-bond donors (Lipinski definition) is 0. The van der Waals surface area contributed by atoms with E-state index in [1.54, 1.807) is 10.2 Å². The van der Waals surface area contributed by atoms with Gasteiger partial charge in [-0.15, -0.1) is 0 Å². The van der Waals surface area contributed by atoms with Crippen molar-refractivity contribution in [3.05, 3.63) is 30.1 Å². The Balaban J connectivity index is 2.65. The molecule has 1 amide bonds. The van der Waals surface area contributed by atoms with Gasteiger partial charge in [-0.3, -0.25) is 3.11 Å². The largest absolute Gasteiger partial charge is 0.441 e. The topological polar surface area (TPSA) is 41.9 Å². The van der Waals surface area contributed by atoms with Gasteiger partial charge < -0.3 is 4.74 Å². The molecule has 0 aliphatic carbocycles. The number of rotatable bonds is 1. The number of amides is 1. The van der Waals surface area contributed by atoms with Crippen LogP contribution in [0.25, 0.3) is 0 Å². The van der Waals surface area contributed by atoms with Gasteiger partial charge in [-0.2, -0.15) is 4.99 Å². The Bertz CT molecular complexity index is 406. The molecule has 0 aromatic heterocycles. The Morgan fingerprint density at radius 3 is 2.50 bits per heavy atom. The summed E-state index contributed by atoms with van der Waals surface area (Å²) in [5, 5.41) is 0. The van der Waals surface area contributed by atoms with Crippen LogP contribution in [-0.4, -0.2) is 20.1 Å². The monoisotopic (exact) mass is 448 g/mol. The minimum atomic E-state index is -0.737. The van der Waals surface area contributed by atoms with E-state index in [-0.39, 0.29) is 11.6 Å². The molecule has 1 aromatic rings. The summed E-state index contributed by atoms with van der Waals surface area (Å²) < 4.78 is 19.6. The number of ether oxygens (including phenoxy) is 1. The van der Waals surface area contributed by atoms with Gasteiger partial charge in [0.25, 0.3) is 0 Å². The van der Waals surface area contributed by atoms with Crippen molar-refractivity contribution in [2.24, 2.45) is 4.99 Å². The second-order valence-electron chi connectivity index (χ2n) is 2.68. The molecule has 0 radical (unpaired) electrons. The van der Waals surface area contributed by atoms with E-state index in [0.29, 0.717) is 3.84 Å². The smallest absolute Gasteiger partial charge is 0.409 e. The molecule has 86 valence electrons. The molecule has 0 heterocycles. The molecule has 0 saturated carbocycles. The van der Waals surface area contributed by atoms with Crippen molar-refractivity contribution >= 4 is 55.4 Å². The summed E-state index contributed by atoms with van der Waals surface area (Å²) in [5.74, 6) is -0.125. The van der Waals surface area contributed by atoms with E-state index in [4.69, 9.17) is 4.74 Å². The summed E-state index contributed by atoms with van der Waals surface area (Å²) >= 11 is 3.88. The zero-order valence-corrected chi connectivity index (χ0v) is 12.5. The maximum atomic E-state index is 12.6. The van der Waals surface area contributed by atoms with E-state index in [1.807, 2.05) is 45.5 Å². The third-order valence-corrected chi connectivity index (χ3v) is 3.80. The molecule has 0 aliphatic heterocycles. The summed E-state index contributed by atoms with van der Waals surface area (Å²) in [5.41, 5.74) is 0. The van der Waals surface area contributed by atoms with Crippen LogP contribution in [0.15, 0.2) is 29.3 Å². The number of hydrogen-bond acceptors (Lipinski definition) is 2. The third-order valence-electron chi connectivity index (χ3n) is 1.46. The first-order valence-corrected chi connectivity index (χ1v) is 6.14. The molecule has 0 saturated heterocycles. The number of amidine groups is 1. The van der Waals surface area contributed by atoms with Crippen molar-refractivity contribution in [2.75, 3.05) is 7.05 Å². The third kappa shape index (κ3) is 4.60. The molecule has 0 atom stereocenters. The zero-order chi connectivity index (χ0) is 12.1. The van der Waals surface area contributed by atoms with E-state index in [2.05, 4.69) is 4.99 Å². The van der Waals surface area contributed by atoms with Crippen molar-refractivity contribution in [1.29, 1.82) is 0 Å². The summed E-state index contributed by atoms with van der Waals surface area (Å²) in [6.07, 6.45) is -0.737. The summed E-state index contributed by atoms with van der Waals surface area (Å²) in [7, 11) is 1.75. The molecular weight excluding hydrogens is 441 g/mol. The van der Waals surface area contributed by atoms with E-state index in [9.17, 15) is 9.18 Å². The van der Waals surface area contributed by atoms with E-state index in [1.165, 1.54) is 24.3 Å². The number of aliphatic imine (C=N–C) groups is 1. The minimum Gasteiger partial charge on any atom is -0.409 e.